The van der Waals surface area contributed by atoms with Crippen molar-refractivity contribution in [1.29, 1.82) is 0 Å². The van der Waals surface area contributed by atoms with E-state index < -0.39 is 0 Å². The zero-order valence-corrected chi connectivity index (χ0v) is 11.9. The van der Waals surface area contributed by atoms with Crippen LogP contribution in [0.15, 0.2) is 12.3 Å². The summed E-state index contributed by atoms with van der Waals surface area (Å²) in [5, 5.41) is 3.14. The van der Waals surface area contributed by atoms with Gasteiger partial charge in [0.15, 0.2) is 0 Å². The smallest absolute Gasteiger partial charge is 0.224 e. The number of hydrogen-bond acceptors (Lipinski definition) is 5. The van der Waals surface area contributed by atoms with E-state index in [4.69, 9.17) is 0 Å². The van der Waals surface area contributed by atoms with Gasteiger partial charge in [-0.2, -0.15) is 16.7 Å². The van der Waals surface area contributed by atoms with Gasteiger partial charge in [0.1, 0.15) is 5.82 Å². The predicted octanol–water partition coefficient (Wildman–Crippen LogP) is 2.49. The van der Waals surface area contributed by atoms with Gasteiger partial charge in [-0.1, -0.05) is 6.92 Å². The fourth-order valence-electron chi connectivity index (χ4n) is 1.67. The van der Waals surface area contributed by atoms with Gasteiger partial charge in [-0.05, 0) is 25.7 Å². The van der Waals surface area contributed by atoms with Gasteiger partial charge >= 0.3 is 0 Å². The number of anilines is 2. The minimum atomic E-state index is 0.523. The molecule has 0 aliphatic rings. The number of nitrogens with zero attached hydrogens (tertiary/aromatic N) is 3. The summed E-state index contributed by atoms with van der Waals surface area (Å²) >= 11 is 1.87. The Bertz CT molecular complexity index is 332. The van der Waals surface area contributed by atoms with Crippen LogP contribution in [0.5, 0.6) is 0 Å². The van der Waals surface area contributed by atoms with Crippen LogP contribution in [0, 0.1) is 0 Å². The molecular weight excluding hydrogens is 232 g/mol. The van der Waals surface area contributed by atoms with E-state index in [9.17, 15) is 0 Å². The molecule has 0 saturated carbocycles. The molecule has 0 aliphatic carbocycles. The molecule has 0 saturated heterocycles. The molecule has 0 bridgehead atoms. The first-order valence-electron chi connectivity index (χ1n) is 6.01. The molecule has 0 radical (unpaired) electrons. The minimum Gasteiger partial charge on any atom is -0.356 e. The third kappa shape index (κ3) is 4.07. The van der Waals surface area contributed by atoms with Crippen LogP contribution in [0.2, 0.25) is 0 Å². The Labute approximate surface area is 108 Å². The Morgan fingerprint density at radius 3 is 2.82 bits per heavy atom. The molecule has 96 valence electrons. The quantitative estimate of drug-likeness (QED) is 0.809. The van der Waals surface area contributed by atoms with Gasteiger partial charge in [0, 0.05) is 31.6 Å². The summed E-state index contributed by atoms with van der Waals surface area (Å²) in [7, 11) is 2.10. The molecule has 1 atom stereocenters. The first-order valence-corrected chi connectivity index (χ1v) is 7.41. The van der Waals surface area contributed by atoms with E-state index in [0.717, 1.165) is 24.5 Å². The Hall–Kier alpha value is -0.970. The highest BCUT2D eigenvalue weighted by molar-refractivity contribution is 7.98. The zero-order valence-electron chi connectivity index (χ0n) is 11.1. The molecule has 17 heavy (non-hydrogen) atoms. The second-order valence-electron chi connectivity index (χ2n) is 3.90. The molecule has 1 N–H and O–H groups in total. The topological polar surface area (TPSA) is 41.1 Å². The SMILES string of the molecule is CCNc1nccc(N(C)C(CC)CSC)n1. The number of thioether (sulfide) groups is 1. The summed E-state index contributed by atoms with van der Waals surface area (Å²) in [6, 6.07) is 2.48. The number of rotatable bonds is 7. The van der Waals surface area contributed by atoms with Gasteiger partial charge in [0.05, 0.1) is 0 Å². The Morgan fingerprint density at radius 1 is 1.47 bits per heavy atom. The lowest BCUT2D eigenvalue weighted by molar-refractivity contribution is 0.665. The van der Waals surface area contributed by atoms with Gasteiger partial charge in [-0.25, -0.2) is 4.98 Å². The van der Waals surface area contributed by atoms with Gasteiger partial charge in [-0.3, -0.25) is 0 Å². The van der Waals surface area contributed by atoms with Crippen LogP contribution in [-0.4, -0.2) is 41.6 Å². The number of nitrogens with one attached hydrogen (secondary N) is 1. The van der Waals surface area contributed by atoms with Crippen LogP contribution in [0.4, 0.5) is 11.8 Å². The third-order valence-corrected chi connectivity index (χ3v) is 3.43. The number of hydrogen-bond donors (Lipinski definition) is 1. The number of aromatic nitrogens is 2. The van der Waals surface area contributed by atoms with Gasteiger partial charge in [0.2, 0.25) is 5.95 Å². The molecule has 4 nitrogen and oxygen atoms in total. The highest BCUT2D eigenvalue weighted by Crippen LogP contribution is 2.17. The highest BCUT2D eigenvalue weighted by atomic mass is 32.2. The maximum Gasteiger partial charge on any atom is 0.224 e. The van der Waals surface area contributed by atoms with Crippen molar-refractivity contribution < 1.29 is 0 Å². The summed E-state index contributed by atoms with van der Waals surface area (Å²) in [5.74, 6) is 2.81. The van der Waals surface area contributed by atoms with Crippen molar-refractivity contribution in [3.05, 3.63) is 12.3 Å². The molecule has 0 spiro atoms. The van der Waals surface area contributed by atoms with Crippen molar-refractivity contribution in [2.24, 2.45) is 0 Å². The Morgan fingerprint density at radius 2 is 2.24 bits per heavy atom. The lowest BCUT2D eigenvalue weighted by Crippen LogP contribution is -2.33. The molecule has 1 unspecified atom stereocenters. The molecule has 0 amide bonds. The first-order chi connectivity index (χ1) is 8.22. The summed E-state index contributed by atoms with van der Waals surface area (Å²) in [4.78, 5) is 10.9. The monoisotopic (exact) mass is 254 g/mol. The Balaban J connectivity index is 2.79. The van der Waals surface area contributed by atoms with Crippen molar-refractivity contribution in [3.8, 4) is 0 Å². The molecule has 1 aromatic heterocycles. The summed E-state index contributed by atoms with van der Waals surface area (Å²) in [5.41, 5.74) is 0. The average molecular weight is 254 g/mol. The van der Waals surface area contributed by atoms with E-state index in [0.29, 0.717) is 12.0 Å². The fraction of sp³-hybridized carbons (Fsp3) is 0.667. The van der Waals surface area contributed by atoms with Crippen LogP contribution in [0.25, 0.3) is 0 Å². The van der Waals surface area contributed by atoms with E-state index in [-0.39, 0.29) is 0 Å². The molecular formula is C12H22N4S. The van der Waals surface area contributed by atoms with E-state index >= 15 is 0 Å². The van der Waals surface area contributed by atoms with Crippen molar-refractivity contribution in [1.82, 2.24) is 9.97 Å². The molecule has 1 rings (SSSR count). The van der Waals surface area contributed by atoms with E-state index in [1.165, 1.54) is 0 Å². The van der Waals surface area contributed by atoms with Crippen molar-refractivity contribution in [3.63, 3.8) is 0 Å². The average Bonchev–Trinajstić information content (AvgIpc) is 2.36. The van der Waals surface area contributed by atoms with Crippen molar-refractivity contribution in [2.75, 3.05) is 35.8 Å². The predicted molar refractivity (Wildman–Crippen MR) is 77.1 cm³/mol. The molecule has 1 heterocycles. The van der Waals surface area contributed by atoms with Crippen LogP contribution < -0.4 is 10.2 Å². The maximum atomic E-state index is 4.51. The standard InChI is InChI=1S/C12H22N4S/c1-5-10(9-17-4)16(3)11-7-8-14-12(15-11)13-6-2/h7-8,10H,5-6,9H2,1-4H3,(H,13,14,15). The largest absolute Gasteiger partial charge is 0.356 e. The van der Waals surface area contributed by atoms with Crippen LogP contribution in [0.1, 0.15) is 20.3 Å². The molecule has 0 aliphatic heterocycles. The normalized spacial score (nSPS) is 12.2. The van der Waals surface area contributed by atoms with Gasteiger partial charge in [-0.15, -0.1) is 0 Å². The zero-order chi connectivity index (χ0) is 12.7. The Kier molecular flexibility index (Phi) is 6.11. The lowest BCUT2D eigenvalue weighted by Gasteiger charge is -2.27. The highest BCUT2D eigenvalue weighted by Gasteiger charge is 2.14. The van der Waals surface area contributed by atoms with Crippen LogP contribution in [0.3, 0.4) is 0 Å². The van der Waals surface area contributed by atoms with Gasteiger partial charge in [0.25, 0.3) is 0 Å². The molecule has 1 aromatic rings. The van der Waals surface area contributed by atoms with E-state index in [2.05, 4.69) is 40.4 Å². The summed E-state index contributed by atoms with van der Waals surface area (Å²) in [6.45, 7) is 5.10. The van der Waals surface area contributed by atoms with Crippen LogP contribution >= 0.6 is 11.8 Å². The van der Waals surface area contributed by atoms with Crippen molar-refractivity contribution in [2.45, 2.75) is 26.3 Å². The maximum absolute atomic E-state index is 4.51. The lowest BCUT2D eigenvalue weighted by atomic mass is 10.2. The third-order valence-electron chi connectivity index (χ3n) is 2.72. The van der Waals surface area contributed by atoms with Crippen LogP contribution in [-0.2, 0) is 0 Å². The van der Waals surface area contributed by atoms with E-state index in [1.807, 2.05) is 30.9 Å². The molecule has 0 fully saturated rings. The first kappa shape index (κ1) is 14.1. The van der Waals surface area contributed by atoms with Crippen molar-refractivity contribution >= 4 is 23.5 Å². The van der Waals surface area contributed by atoms with E-state index in [1.54, 1.807) is 0 Å². The minimum absolute atomic E-state index is 0.523. The van der Waals surface area contributed by atoms with Gasteiger partial charge < -0.3 is 10.2 Å². The second-order valence-corrected chi connectivity index (χ2v) is 4.81. The summed E-state index contributed by atoms with van der Waals surface area (Å²) < 4.78 is 0. The summed E-state index contributed by atoms with van der Waals surface area (Å²) in [6.07, 6.45) is 5.07. The second kappa shape index (κ2) is 7.37. The molecule has 5 heteroatoms. The fourth-order valence-corrected chi connectivity index (χ4v) is 2.52. The molecule has 0 aromatic carbocycles.